The maximum Gasteiger partial charge on any atom is 0.397 e. The van der Waals surface area contributed by atoms with Gasteiger partial charge < -0.3 is 18.9 Å². The average Bonchev–Trinajstić information content (AvgIpc) is 3.72. The molecule has 4 aromatic rings. The zero-order chi connectivity index (χ0) is 37.7. The average molecular weight is 766 g/mol. The van der Waals surface area contributed by atoms with E-state index in [9.17, 15) is 22.8 Å². The second-order valence-corrected chi connectivity index (χ2v) is 13.1. The Balaban J connectivity index is 0.000000277. The van der Waals surface area contributed by atoms with Crippen LogP contribution >= 0.6 is 34.8 Å². The van der Waals surface area contributed by atoms with Gasteiger partial charge >= 0.3 is 18.1 Å². The lowest BCUT2D eigenvalue weighted by molar-refractivity contribution is -0.219. The van der Waals surface area contributed by atoms with Gasteiger partial charge in [0.1, 0.15) is 22.1 Å². The lowest BCUT2D eigenvalue weighted by atomic mass is 9.94. The lowest BCUT2D eigenvalue weighted by Gasteiger charge is -2.26. The second-order valence-electron chi connectivity index (χ2n) is 12.0. The number of carbonyl (C=O) groups is 2. The Morgan fingerprint density at radius 1 is 0.800 bits per heavy atom. The van der Waals surface area contributed by atoms with Crippen molar-refractivity contribution in [1.29, 1.82) is 0 Å². The topological polar surface area (TPSA) is 143 Å². The highest BCUT2D eigenvalue weighted by molar-refractivity contribution is 6.34. The van der Waals surface area contributed by atoms with E-state index in [1.54, 1.807) is 42.9 Å². The van der Waals surface area contributed by atoms with Crippen LogP contribution in [0.25, 0.3) is 5.82 Å². The molecule has 0 saturated carbocycles. The van der Waals surface area contributed by atoms with Gasteiger partial charge in [0, 0.05) is 18.3 Å². The highest BCUT2D eigenvalue weighted by Crippen LogP contribution is 2.37. The number of halogens is 6. The number of H-pyrrole nitrogens is 1. The molecule has 0 aromatic carbocycles. The van der Waals surface area contributed by atoms with Crippen molar-refractivity contribution in [2.45, 2.75) is 54.6 Å². The number of alkyl halides is 3. The molecular formula is C32H38Cl3F3N6O6. The summed E-state index contributed by atoms with van der Waals surface area (Å²) in [4.78, 5) is 30.8. The molecule has 0 unspecified atom stereocenters. The van der Waals surface area contributed by atoms with Crippen molar-refractivity contribution < 1.29 is 41.7 Å². The quantitative estimate of drug-likeness (QED) is 0.123. The summed E-state index contributed by atoms with van der Waals surface area (Å²) in [6.07, 6.45) is -1.14. The summed E-state index contributed by atoms with van der Waals surface area (Å²) in [6, 6.07) is 9.40. The second kappa shape index (κ2) is 18.8. The number of ether oxygens (including phenoxy) is 4. The number of nitrogens with one attached hydrogen (secondary N) is 1. The summed E-state index contributed by atoms with van der Waals surface area (Å²) in [5.74, 6) is 0.256. The fourth-order valence-electron chi connectivity index (χ4n) is 3.15. The van der Waals surface area contributed by atoms with Crippen molar-refractivity contribution in [3.63, 3.8) is 0 Å². The van der Waals surface area contributed by atoms with Gasteiger partial charge in [-0.15, -0.1) is 5.10 Å². The van der Waals surface area contributed by atoms with E-state index < -0.39 is 30.1 Å². The van der Waals surface area contributed by atoms with E-state index in [-0.39, 0.29) is 44.5 Å². The molecule has 18 heteroatoms. The molecule has 0 aliphatic heterocycles. The zero-order valence-corrected chi connectivity index (χ0v) is 30.7. The van der Waals surface area contributed by atoms with Crippen molar-refractivity contribution in [2.24, 2.45) is 10.8 Å². The summed E-state index contributed by atoms with van der Waals surface area (Å²) in [5.41, 5.74) is -1.35. The maximum atomic E-state index is 12.4. The fraction of sp³-hybridized carbons (Fsp3) is 0.438. The molecule has 50 heavy (non-hydrogen) atoms. The predicted octanol–water partition coefficient (Wildman–Crippen LogP) is 8.46. The smallest absolute Gasteiger partial charge is 0.397 e. The highest BCUT2D eigenvalue weighted by Gasteiger charge is 2.48. The Kier molecular flexibility index (Phi) is 15.8. The van der Waals surface area contributed by atoms with Gasteiger partial charge in [0.25, 0.3) is 0 Å². The number of carbonyl (C=O) groups excluding carboxylic acids is 2. The highest BCUT2D eigenvalue weighted by atomic mass is 35.5. The molecule has 0 aliphatic carbocycles. The van der Waals surface area contributed by atoms with E-state index in [0.29, 0.717) is 24.9 Å². The van der Waals surface area contributed by atoms with Gasteiger partial charge in [-0.25, -0.2) is 29.3 Å². The first-order valence-corrected chi connectivity index (χ1v) is 16.1. The van der Waals surface area contributed by atoms with E-state index in [0.717, 1.165) is 13.8 Å². The number of aromatic nitrogens is 6. The van der Waals surface area contributed by atoms with Gasteiger partial charge in [-0.1, -0.05) is 55.6 Å². The van der Waals surface area contributed by atoms with Crippen LogP contribution in [0.5, 0.6) is 11.8 Å². The number of hydrogen-bond donors (Lipinski definition) is 1. The molecule has 0 bridgehead atoms. The third-order valence-corrected chi connectivity index (χ3v) is 6.71. The minimum Gasteiger partial charge on any atom is -0.477 e. The van der Waals surface area contributed by atoms with Crippen LogP contribution in [0.1, 0.15) is 69.2 Å². The number of nitrogens with zero attached hydrogens (tertiary/aromatic N) is 5. The van der Waals surface area contributed by atoms with Crippen LogP contribution in [0, 0.1) is 10.8 Å². The Morgan fingerprint density at radius 2 is 1.38 bits per heavy atom. The van der Waals surface area contributed by atoms with Crippen LogP contribution in [0.4, 0.5) is 13.2 Å². The van der Waals surface area contributed by atoms with Gasteiger partial charge in [0.15, 0.2) is 5.82 Å². The van der Waals surface area contributed by atoms with Crippen LogP contribution in [-0.2, 0) is 9.47 Å². The van der Waals surface area contributed by atoms with Crippen molar-refractivity contribution in [2.75, 3.05) is 26.4 Å². The van der Waals surface area contributed by atoms with Crippen LogP contribution in [0.3, 0.4) is 0 Å². The monoisotopic (exact) mass is 764 g/mol. The summed E-state index contributed by atoms with van der Waals surface area (Å²) in [6.45, 7) is 12.6. The normalized spacial score (nSPS) is 11.4. The molecule has 0 radical (unpaired) electrons. The Morgan fingerprint density at radius 3 is 1.86 bits per heavy atom. The molecule has 274 valence electrons. The largest absolute Gasteiger partial charge is 0.477 e. The molecule has 0 amide bonds. The molecule has 0 atom stereocenters. The molecule has 1 N–H and O–H groups in total. The zero-order valence-electron chi connectivity index (χ0n) is 28.4. The molecule has 4 heterocycles. The Bertz CT molecular complexity index is 1680. The first-order chi connectivity index (χ1) is 23.3. The van der Waals surface area contributed by atoms with Crippen molar-refractivity contribution in [3.05, 3.63) is 75.4 Å². The molecule has 0 saturated heterocycles. The van der Waals surface area contributed by atoms with Crippen LogP contribution < -0.4 is 9.47 Å². The Labute approximate surface area is 302 Å². The summed E-state index contributed by atoms with van der Waals surface area (Å²) in [7, 11) is 0. The molecule has 0 spiro atoms. The van der Waals surface area contributed by atoms with Crippen molar-refractivity contribution in [1.82, 2.24) is 29.9 Å². The molecule has 12 nitrogen and oxygen atoms in total. The summed E-state index contributed by atoms with van der Waals surface area (Å²) >= 11 is 17.3. The Hall–Kier alpha value is -4.08. The van der Waals surface area contributed by atoms with Gasteiger partial charge in [-0.2, -0.15) is 18.3 Å². The van der Waals surface area contributed by atoms with Crippen molar-refractivity contribution in [3.8, 4) is 17.6 Å². The number of esters is 2. The molecule has 4 rings (SSSR count). The first-order valence-electron chi connectivity index (χ1n) is 15.0. The van der Waals surface area contributed by atoms with Gasteiger partial charge in [0.2, 0.25) is 11.8 Å². The number of hydrogen-bond acceptors (Lipinski definition) is 10. The van der Waals surface area contributed by atoms with E-state index in [4.69, 9.17) is 53.8 Å². The van der Waals surface area contributed by atoms with E-state index in [1.165, 1.54) is 24.4 Å². The molecular weight excluding hydrogens is 728 g/mol. The fourth-order valence-corrected chi connectivity index (χ4v) is 3.80. The van der Waals surface area contributed by atoms with E-state index >= 15 is 0 Å². The molecule has 0 fully saturated rings. The van der Waals surface area contributed by atoms with Crippen molar-refractivity contribution >= 4 is 46.7 Å². The minimum atomic E-state index is -4.27. The predicted molar refractivity (Wildman–Crippen MR) is 181 cm³/mol. The number of aromatic amines is 1. The van der Waals surface area contributed by atoms with E-state index in [1.807, 2.05) is 0 Å². The van der Waals surface area contributed by atoms with E-state index in [2.05, 4.69) is 46.0 Å². The van der Waals surface area contributed by atoms with Crippen LogP contribution in [0.15, 0.2) is 48.8 Å². The first kappa shape index (κ1) is 42.1. The number of pyridine rings is 2. The molecule has 4 aromatic heterocycles. The lowest BCUT2D eigenvalue weighted by Crippen LogP contribution is -2.37. The van der Waals surface area contributed by atoms with Crippen LogP contribution in [-0.4, -0.2) is 74.5 Å². The molecule has 0 aliphatic rings. The summed E-state index contributed by atoms with van der Waals surface area (Å²) in [5, 5.41) is 10.7. The SMILES string of the molecule is CC(C)(COc1ccn[nH]1)C(F)(F)F.CCOC(=O)c1ccc(-n2ccc(OCC(C)(C)C)n2)nc1Cl.CCOC(=O)c1ccc(Cl)nc1Cl. The third kappa shape index (κ3) is 13.7. The number of rotatable bonds is 10. The minimum absolute atomic E-state index is 0.0482. The third-order valence-electron chi connectivity index (χ3n) is 5.92. The maximum absolute atomic E-state index is 12.4. The van der Waals surface area contributed by atoms with Gasteiger partial charge in [0.05, 0.1) is 42.6 Å². The standard InChI is InChI=1S/C16H20ClN3O3.C8H7Cl2NO2.C8H11F3N2O/c1-5-22-15(21)11-6-7-12(18-14(11)17)20-9-8-13(19-20)23-10-16(2,3)4;1-2-13-8(12)5-3-4-6(9)11-7(5)10;1-7(2,8(9,10)11)5-14-6-3-4-12-13-6/h6-9H,5,10H2,1-4H3;3-4H,2H2,1H3;3-4H,5H2,1-2H3,(H,12,13). The van der Waals surface area contributed by atoms with Crippen LogP contribution in [0.2, 0.25) is 15.5 Å². The van der Waals surface area contributed by atoms with Gasteiger partial charge in [-0.3, -0.25) is 0 Å². The summed E-state index contributed by atoms with van der Waals surface area (Å²) < 4.78 is 58.8. The van der Waals surface area contributed by atoms with Gasteiger partial charge in [-0.05, 0) is 57.4 Å².